The third-order valence-corrected chi connectivity index (χ3v) is 5.37. The van der Waals surface area contributed by atoms with Crippen LogP contribution in [0.3, 0.4) is 0 Å². The summed E-state index contributed by atoms with van der Waals surface area (Å²) in [5.74, 6) is 0.375. The zero-order valence-corrected chi connectivity index (χ0v) is 14.5. The van der Waals surface area contributed by atoms with Crippen molar-refractivity contribution in [2.75, 3.05) is 6.61 Å². The molecule has 0 unspecified atom stereocenters. The smallest absolute Gasteiger partial charge is 0.0923 e. The predicted molar refractivity (Wildman–Crippen MR) is 92.8 cm³/mol. The monoisotopic (exact) mass is 304 g/mol. The van der Waals surface area contributed by atoms with E-state index in [1.54, 1.807) is 0 Å². The van der Waals surface area contributed by atoms with E-state index in [1.165, 1.54) is 11.1 Å². The van der Waals surface area contributed by atoms with Crippen molar-refractivity contribution in [1.82, 2.24) is 0 Å². The number of hydrogen-bond acceptors (Lipinski definition) is 2. The molecule has 0 aromatic carbocycles. The van der Waals surface area contributed by atoms with Crippen molar-refractivity contribution >= 4 is 0 Å². The van der Waals surface area contributed by atoms with Crippen molar-refractivity contribution in [3.63, 3.8) is 0 Å². The Labute approximate surface area is 136 Å². The Hall–Kier alpha value is -0.860. The molecule has 0 bridgehead atoms. The van der Waals surface area contributed by atoms with E-state index in [0.29, 0.717) is 12.0 Å². The average Bonchev–Trinajstić information content (AvgIpc) is 3.11. The van der Waals surface area contributed by atoms with E-state index >= 15 is 0 Å². The molecule has 1 saturated heterocycles. The lowest BCUT2D eigenvalue weighted by atomic mass is 9.85. The first-order valence-electron chi connectivity index (χ1n) is 8.72. The van der Waals surface area contributed by atoms with Crippen LogP contribution in [-0.2, 0) is 4.74 Å². The van der Waals surface area contributed by atoms with E-state index in [0.717, 1.165) is 50.5 Å². The van der Waals surface area contributed by atoms with Crippen LogP contribution in [0.2, 0.25) is 0 Å². The number of hydrogen-bond donors (Lipinski definition) is 1. The largest absolute Gasteiger partial charge is 0.392 e. The third-order valence-electron chi connectivity index (χ3n) is 5.37. The molecule has 1 aliphatic carbocycles. The van der Waals surface area contributed by atoms with Crippen molar-refractivity contribution < 1.29 is 9.84 Å². The van der Waals surface area contributed by atoms with Gasteiger partial charge in [0.2, 0.25) is 0 Å². The van der Waals surface area contributed by atoms with Gasteiger partial charge >= 0.3 is 0 Å². The molecule has 1 fully saturated rings. The maximum absolute atomic E-state index is 9.45. The van der Waals surface area contributed by atoms with Gasteiger partial charge in [0.25, 0.3) is 0 Å². The molecule has 2 rings (SSSR count). The van der Waals surface area contributed by atoms with Crippen molar-refractivity contribution in [1.29, 1.82) is 0 Å². The van der Waals surface area contributed by atoms with Crippen LogP contribution in [0.5, 0.6) is 0 Å². The van der Waals surface area contributed by atoms with Gasteiger partial charge in [-0.25, -0.2) is 0 Å². The van der Waals surface area contributed by atoms with Gasteiger partial charge in [-0.15, -0.1) is 0 Å². The topological polar surface area (TPSA) is 32.8 Å². The lowest BCUT2D eigenvalue weighted by Gasteiger charge is -2.18. The van der Waals surface area contributed by atoms with Gasteiger partial charge in [0.1, 0.15) is 0 Å². The number of aliphatic hydroxyl groups excluding tert-OH is 1. The van der Waals surface area contributed by atoms with Crippen molar-refractivity contribution in [3.05, 3.63) is 35.5 Å². The van der Waals surface area contributed by atoms with Crippen LogP contribution in [0.25, 0.3) is 0 Å². The zero-order valence-electron chi connectivity index (χ0n) is 14.5. The van der Waals surface area contributed by atoms with Gasteiger partial charge in [0.15, 0.2) is 0 Å². The van der Waals surface area contributed by atoms with Gasteiger partial charge in [-0.05, 0) is 77.2 Å². The molecule has 0 amide bonds. The Morgan fingerprint density at radius 2 is 1.95 bits per heavy atom. The standard InChI is InChI=1S/C20H32O2/c1-15-7-5-8-16(2)10-11-18(17(3)14-21)13-19-20(4,22-19)12-6-9-15/h8-9,18-19,21H,3,5-7,10-14H2,1-2,4H3/b15-9+,16-8+/t18-,19+,20+/m1/s1. The number of ether oxygens (including phenoxy) is 1. The van der Waals surface area contributed by atoms with Crippen LogP contribution >= 0.6 is 0 Å². The molecule has 3 atom stereocenters. The second-order valence-electron chi connectivity index (χ2n) is 7.39. The number of fused-ring (bicyclic) bond motifs is 1. The Bertz CT molecular complexity index is 460. The summed E-state index contributed by atoms with van der Waals surface area (Å²) in [7, 11) is 0. The van der Waals surface area contributed by atoms with Gasteiger partial charge in [-0.3, -0.25) is 0 Å². The first kappa shape index (κ1) is 17.5. The second kappa shape index (κ2) is 7.61. The quantitative estimate of drug-likeness (QED) is 0.578. The minimum Gasteiger partial charge on any atom is -0.392 e. The number of allylic oxidation sites excluding steroid dienone is 4. The summed E-state index contributed by atoms with van der Waals surface area (Å²) >= 11 is 0. The van der Waals surface area contributed by atoms with Crippen LogP contribution in [0.1, 0.15) is 65.7 Å². The Kier molecular flexibility index (Phi) is 6.05. The highest BCUT2D eigenvalue weighted by atomic mass is 16.6. The Balaban J connectivity index is 2.06. The van der Waals surface area contributed by atoms with Crippen molar-refractivity contribution in [2.45, 2.75) is 77.4 Å². The number of rotatable bonds is 2. The third kappa shape index (κ3) is 4.82. The average molecular weight is 304 g/mol. The number of epoxide rings is 1. The molecule has 1 aliphatic heterocycles. The Morgan fingerprint density at radius 1 is 1.27 bits per heavy atom. The van der Waals surface area contributed by atoms with Crippen LogP contribution in [0.4, 0.5) is 0 Å². The van der Waals surface area contributed by atoms with E-state index in [2.05, 4.69) is 39.5 Å². The molecule has 0 spiro atoms. The molecule has 0 radical (unpaired) electrons. The van der Waals surface area contributed by atoms with Gasteiger partial charge < -0.3 is 9.84 Å². The minimum absolute atomic E-state index is 0.0414. The lowest BCUT2D eigenvalue weighted by Crippen LogP contribution is -2.16. The molecule has 0 aromatic rings. The van der Waals surface area contributed by atoms with Gasteiger partial charge in [-0.2, -0.15) is 0 Å². The SMILES string of the molecule is C=C(CO)[C@@H]1CC/C(C)=C/CC/C(C)=C/CC[C@]2(C)O[C@H]2C1. The van der Waals surface area contributed by atoms with E-state index in [1.807, 2.05) is 0 Å². The summed E-state index contributed by atoms with van der Waals surface area (Å²) in [5.41, 5.74) is 3.96. The van der Waals surface area contributed by atoms with E-state index in [4.69, 9.17) is 4.74 Å². The van der Waals surface area contributed by atoms with Crippen LogP contribution in [-0.4, -0.2) is 23.4 Å². The molecular weight excluding hydrogens is 272 g/mol. The molecule has 2 nitrogen and oxygen atoms in total. The molecule has 0 aromatic heterocycles. The van der Waals surface area contributed by atoms with E-state index in [-0.39, 0.29) is 12.2 Å². The maximum atomic E-state index is 9.45. The van der Waals surface area contributed by atoms with E-state index in [9.17, 15) is 5.11 Å². The molecule has 1 heterocycles. The highest BCUT2D eigenvalue weighted by Crippen LogP contribution is 2.45. The summed E-state index contributed by atoms with van der Waals surface area (Å²) in [4.78, 5) is 0. The number of aliphatic hydroxyl groups is 1. The highest BCUT2D eigenvalue weighted by Gasteiger charge is 2.51. The van der Waals surface area contributed by atoms with Gasteiger partial charge in [0, 0.05) is 0 Å². The molecule has 0 saturated carbocycles. The second-order valence-corrected chi connectivity index (χ2v) is 7.39. The summed E-state index contributed by atoms with van der Waals surface area (Å²) < 4.78 is 6.00. The molecular formula is C20H32O2. The first-order chi connectivity index (χ1) is 10.4. The van der Waals surface area contributed by atoms with E-state index < -0.39 is 0 Å². The van der Waals surface area contributed by atoms with Gasteiger partial charge in [0.05, 0.1) is 18.3 Å². The normalized spacial score (nSPS) is 38.7. The maximum Gasteiger partial charge on any atom is 0.0923 e. The minimum atomic E-state index is 0.0414. The lowest BCUT2D eigenvalue weighted by molar-refractivity contribution is 0.279. The summed E-state index contributed by atoms with van der Waals surface area (Å²) in [6.45, 7) is 10.9. The van der Waals surface area contributed by atoms with Crippen molar-refractivity contribution in [3.8, 4) is 0 Å². The summed E-state index contributed by atoms with van der Waals surface area (Å²) in [5, 5.41) is 9.45. The predicted octanol–water partition coefficient (Wildman–Crippen LogP) is 4.95. The van der Waals surface area contributed by atoms with Crippen molar-refractivity contribution in [2.24, 2.45) is 5.92 Å². The fourth-order valence-corrected chi connectivity index (χ4v) is 3.44. The first-order valence-corrected chi connectivity index (χ1v) is 8.72. The van der Waals surface area contributed by atoms with Crippen LogP contribution < -0.4 is 0 Å². The summed E-state index contributed by atoms with van der Waals surface area (Å²) in [6.07, 6.45) is 12.8. The van der Waals surface area contributed by atoms with Gasteiger partial charge in [-0.1, -0.05) is 29.9 Å². The highest BCUT2D eigenvalue weighted by molar-refractivity contribution is 5.11. The summed E-state index contributed by atoms with van der Waals surface area (Å²) in [6, 6.07) is 0. The molecule has 124 valence electrons. The fourth-order valence-electron chi connectivity index (χ4n) is 3.44. The fraction of sp³-hybridized carbons (Fsp3) is 0.700. The zero-order chi connectivity index (χ0) is 16.2. The molecule has 1 N–H and O–H groups in total. The molecule has 2 aliphatic rings. The van der Waals surface area contributed by atoms with Crippen LogP contribution in [0.15, 0.2) is 35.5 Å². The molecule has 2 heteroatoms. The molecule has 22 heavy (non-hydrogen) atoms. The van der Waals surface area contributed by atoms with Crippen LogP contribution in [0, 0.1) is 5.92 Å². The Morgan fingerprint density at radius 3 is 2.68 bits per heavy atom.